The third-order valence-corrected chi connectivity index (χ3v) is 6.88. The predicted molar refractivity (Wildman–Crippen MR) is 133 cm³/mol. The highest BCUT2D eigenvalue weighted by Gasteiger charge is 2.42. The molecule has 0 aromatic carbocycles. The summed E-state index contributed by atoms with van der Waals surface area (Å²) in [5.74, 6) is -1.64. The molecule has 2 aliphatic heterocycles. The van der Waals surface area contributed by atoms with Gasteiger partial charge >= 0.3 is 11.9 Å². The number of carbonyl (C=O) groups is 2. The summed E-state index contributed by atoms with van der Waals surface area (Å²) in [7, 11) is 0. The zero-order chi connectivity index (χ0) is 24.9. The molecule has 6 nitrogen and oxygen atoms in total. The molecule has 2 aliphatic rings. The molecule has 0 aromatic rings. The molecule has 0 saturated carbocycles. The van der Waals surface area contributed by atoms with Gasteiger partial charge < -0.3 is 20.1 Å². The van der Waals surface area contributed by atoms with E-state index in [0.29, 0.717) is 6.42 Å². The van der Waals surface area contributed by atoms with Gasteiger partial charge in [-0.15, -0.1) is 0 Å². The Balaban J connectivity index is 2.05. The first kappa shape index (κ1) is 28.1. The zero-order valence-corrected chi connectivity index (χ0v) is 22.5. The quantitative estimate of drug-likeness (QED) is 0.259. The Kier molecular flexibility index (Phi) is 9.81. The smallest absolute Gasteiger partial charge is 0.320 e. The molecule has 0 radical (unpaired) electrons. The minimum Gasteiger partial charge on any atom is -0.462 e. The van der Waals surface area contributed by atoms with Crippen LogP contribution in [0.25, 0.3) is 0 Å². The Bertz CT molecular complexity index is 643. The Morgan fingerprint density at radius 2 is 1.33 bits per heavy atom. The number of hydrogen-bond acceptors (Lipinski definition) is 6. The summed E-state index contributed by atoms with van der Waals surface area (Å²) in [5.41, 5.74) is -0.343. The maximum absolute atomic E-state index is 13.3. The summed E-state index contributed by atoms with van der Waals surface area (Å²) in [4.78, 5) is 26.5. The minimum atomic E-state index is -0.832. The molecule has 0 aromatic heterocycles. The minimum absolute atomic E-state index is 0.0922. The topological polar surface area (TPSA) is 76.7 Å². The fourth-order valence-corrected chi connectivity index (χ4v) is 6.01. The molecule has 0 amide bonds. The van der Waals surface area contributed by atoms with Gasteiger partial charge in [0, 0.05) is 41.9 Å². The van der Waals surface area contributed by atoms with Gasteiger partial charge in [0.05, 0.1) is 0 Å². The van der Waals surface area contributed by atoms with Gasteiger partial charge in [0.25, 0.3) is 0 Å². The largest absolute Gasteiger partial charge is 0.462 e. The van der Waals surface area contributed by atoms with Gasteiger partial charge in [0.1, 0.15) is 12.2 Å². The third kappa shape index (κ3) is 9.56. The Labute approximate surface area is 202 Å². The maximum atomic E-state index is 13.3. The normalized spacial score (nSPS) is 27.5. The Hall–Kier alpha value is -1.14. The van der Waals surface area contributed by atoms with Crippen molar-refractivity contribution in [2.45, 2.75) is 154 Å². The molecular formula is C27H50N2O4. The van der Waals surface area contributed by atoms with Crippen LogP contribution in [-0.2, 0) is 19.1 Å². The SMILES string of the molecule is CCCCCCCC(C(=O)OC1CC(C)NC(C)(C)C1)C(=O)OC1CC(C)(C)NC(C)(C)C1. The summed E-state index contributed by atoms with van der Waals surface area (Å²) >= 11 is 0. The molecule has 2 heterocycles. The van der Waals surface area contributed by atoms with Crippen molar-refractivity contribution >= 4 is 11.9 Å². The van der Waals surface area contributed by atoms with E-state index in [-0.39, 0.29) is 34.9 Å². The van der Waals surface area contributed by atoms with Crippen LogP contribution in [0, 0.1) is 5.92 Å². The van der Waals surface area contributed by atoms with Crippen molar-refractivity contribution in [1.29, 1.82) is 0 Å². The number of rotatable bonds is 10. The Morgan fingerprint density at radius 1 is 0.818 bits per heavy atom. The van der Waals surface area contributed by atoms with Crippen LogP contribution >= 0.6 is 0 Å². The van der Waals surface area contributed by atoms with Gasteiger partial charge in [-0.25, -0.2) is 0 Å². The van der Waals surface area contributed by atoms with E-state index in [9.17, 15) is 9.59 Å². The van der Waals surface area contributed by atoms with E-state index in [1.165, 1.54) is 12.8 Å². The highest BCUT2D eigenvalue weighted by atomic mass is 16.6. The van der Waals surface area contributed by atoms with Crippen LogP contribution in [0.15, 0.2) is 0 Å². The second kappa shape index (κ2) is 11.5. The average molecular weight is 467 g/mol. The van der Waals surface area contributed by atoms with E-state index in [4.69, 9.17) is 9.47 Å². The van der Waals surface area contributed by atoms with Crippen LogP contribution in [0.3, 0.4) is 0 Å². The van der Waals surface area contributed by atoms with Crippen LogP contribution in [-0.4, -0.2) is 46.8 Å². The van der Waals surface area contributed by atoms with Gasteiger partial charge in [0.2, 0.25) is 0 Å². The zero-order valence-electron chi connectivity index (χ0n) is 22.5. The van der Waals surface area contributed by atoms with Crippen molar-refractivity contribution in [2.75, 3.05) is 0 Å². The van der Waals surface area contributed by atoms with E-state index < -0.39 is 17.9 Å². The lowest BCUT2D eigenvalue weighted by molar-refractivity contribution is -0.172. The number of nitrogens with one attached hydrogen (secondary N) is 2. The van der Waals surface area contributed by atoms with Crippen molar-refractivity contribution in [3.8, 4) is 0 Å². The van der Waals surface area contributed by atoms with Crippen molar-refractivity contribution in [3.63, 3.8) is 0 Å². The number of carbonyl (C=O) groups excluding carboxylic acids is 2. The van der Waals surface area contributed by atoms with Crippen LogP contribution in [0.2, 0.25) is 0 Å². The highest BCUT2D eigenvalue weighted by molar-refractivity contribution is 5.95. The summed E-state index contributed by atoms with van der Waals surface area (Å²) in [6, 6.07) is 0.269. The van der Waals surface area contributed by atoms with E-state index in [1.54, 1.807) is 0 Å². The number of esters is 2. The summed E-state index contributed by atoms with van der Waals surface area (Å²) in [6.07, 6.45) is 8.46. The number of hydrogen-bond donors (Lipinski definition) is 2. The maximum Gasteiger partial charge on any atom is 0.320 e. The number of unbranched alkanes of at least 4 members (excludes halogenated alkanes) is 4. The molecule has 0 aliphatic carbocycles. The molecule has 2 saturated heterocycles. The molecule has 0 bridgehead atoms. The molecule has 0 spiro atoms. The lowest BCUT2D eigenvalue weighted by Crippen LogP contribution is -2.60. The molecule has 3 atom stereocenters. The Morgan fingerprint density at radius 3 is 1.88 bits per heavy atom. The molecule has 33 heavy (non-hydrogen) atoms. The van der Waals surface area contributed by atoms with Crippen molar-refractivity contribution < 1.29 is 19.1 Å². The summed E-state index contributed by atoms with van der Waals surface area (Å²) in [6.45, 7) is 17.1. The lowest BCUT2D eigenvalue weighted by Gasteiger charge is -2.46. The summed E-state index contributed by atoms with van der Waals surface area (Å²) < 4.78 is 11.9. The third-order valence-electron chi connectivity index (χ3n) is 6.88. The van der Waals surface area contributed by atoms with Crippen molar-refractivity contribution in [1.82, 2.24) is 10.6 Å². The molecular weight excluding hydrogens is 416 g/mol. The molecule has 3 unspecified atom stereocenters. The molecule has 6 heteroatoms. The average Bonchev–Trinajstić information content (AvgIpc) is 2.59. The fraction of sp³-hybridized carbons (Fsp3) is 0.926. The fourth-order valence-electron chi connectivity index (χ4n) is 6.01. The van der Waals surface area contributed by atoms with Gasteiger partial charge in [-0.3, -0.25) is 9.59 Å². The second-order valence-corrected chi connectivity index (χ2v) is 12.5. The van der Waals surface area contributed by atoms with Crippen molar-refractivity contribution in [2.24, 2.45) is 5.92 Å². The number of piperidine rings is 2. The van der Waals surface area contributed by atoms with Gasteiger partial charge in [-0.2, -0.15) is 0 Å². The van der Waals surface area contributed by atoms with E-state index >= 15 is 0 Å². The molecule has 2 rings (SSSR count). The van der Waals surface area contributed by atoms with Crippen LogP contribution in [0.1, 0.15) is 120 Å². The number of ether oxygens (including phenoxy) is 2. The lowest BCUT2D eigenvalue weighted by atomic mass is 9.81. The van der Waals surface area contributed by atoms with Crippen LogP contribution in [0.4, 0.5) is 0 Å². The van der Waals surface area contributed by atoms with Gasteiger partial charge in [-0.05, 0) is 61.3 Å². The van der Waals surface area contributed by atoms with Crippen LogP contribution in [0.5, 0.6) is 0 Å². The van der Waals surface area contributed by atoms with Crippen LogP contribution < -0.4 is 10.6 Å². The van der Waals surface area contributed by atoms with E-state index in [0.717, 1.165) is 44.9 Å². The molecule has 2 fully saturated rings. The molecule has 192 valence electrons. The first-order valence-corrected chi connectivity index (χ1v) is 13.2. The van der Waals surface area contributed by atoms with Crippen molar-refractivity contribution in [3.05, 3.63) is 0 Å². The molecule has 2 N–H and O–H groups in total. The van der Waals surface area contributed by atoms with E-state index in [2.05, 4.69) is 66.0 Å². The predicted octanol–water partition coefficient (Wildman–Crippen LogP) is 5.28. The highest BCUT2D eigenvalue weighted by Crippen LogP contribution is 2.32. The summed E-state index contributed by atoms with van der Waals surface area (Å²) in [5, 5.41) is 7.16. The first-order chi connectivity index (χ1) is 15.2. The first-order valence-electron chi connectivity index (χ1n) is 13.2. The van der Waals surface area contributed by atoms with Gasteiger partial charge in [0.15, 0.2) is 5.92 Å². The second-order valence-electron chi connectivity index (χ2n) is 12.5. The van der Waals surface area contributed by atoms with Gasteiger partial charge in [-0.1, -0.05) is 39.0 Å². The monoisotopic (exact) mass is 466 g/mol. The standard InChI is InChI=1S/C27H50N2O4/c1-9-10-11-12-13-14-22(23(30)32-20-15-19(2)28-25(3,4)16-20)24(31)33-21-17-26(5,6)29-27(7,8)18-21/h19-22,28-29H,9-18H2,1-8H3. The van der Waals surface area contributed by atoms with E-state index in [1.807, 2.05) is 0 Å².